The number of aromatic nitrogens is 1. The third-order valence-corrected chi connectivity index (χ3v) is 2.22. The molecule has 0 aliphatic heterocycles. The minimum Gasteiger partial charge on any atom is -0.383 e. The molecule has 0 bridgehead atoms. The molecule has 0 aliphatic rings. The molecule has 1 unspecified atom stereocenters. The fourth-order valence-corrected chi connectivity index (χ4v) is 1.16. The predicted octanol–water partition coefficient (Wildman–Crippen LogP) is 1.80. The Morgan fingerprint density at radius 2 is 2.38 bits per heavy atom. The summed E-state index contributed by atoms with van der Waals surface area (Å²) in [5.41, 5.74) is 6.77. The Kier molecular flexibility index (Phi) is 2.90. The SMILES string of the molecule is C=CN(C)C(C)c1cccnc1N. The van der Waals surface area contributed by atoms with E-state index in [1.54, 1.807) is 12.4 Å². The van der Waals surface area contributed by atoms with Gasteiger partial charge < -0.3 is 10.6 Å². The molecular formula is C10H15N3. The van der Waals surface area contributed by atoms with Gasteiger partial charge in [0, 0.05) is 18.8 Å². The van der Waals surface area contributed by atoms with E-state index < -0.39 is 0 Å². The van der Waals surface area contributed by atoms with Crippen molar-refractivity contribution >= 4 is 5.82 Å². The Hall–Kier alpha value is -1.51. The van der Waals surface area contributed by atoms with Gasteiger partial charge in [-0.3, -0.25) is 0 Å². The Labute approximate surface area is 78.9 Å². The molecule has 1 aromatic rings. The topological polar surface area (TPSA) is 42.2 Å². The number of rotatable bonds is 3. The van der Waals surface area contributed by atoms with Gasteiger partial charge in [0.15, 0.2) is 0 Å². The normalized spacial score (nSPS) is 12.2. The zero-order valence-corrected chi connectivity index (χ0v) is 8.07. The second kappa shape index (κ2) is 3.94. The second-order valence-corrected chi connectivity index (χ2v) is 3.00. The lowest BCUT2D eigenvalue weighted by molar-refractivity contribution is 0.362. The quantitative estimate of drug-likeness (QED) is 0.765. The highest BCUT2D eigenvalue weighted by molar-refractivity contribution is 5.40. The van der Waals surface area contributed by atoms with Crippen LogP contribution in [0.25, 0.3) is 0 Å². The van der Waals surface area contributed by atoms with Crippen molar-refractivity contribution in [3.05, 3.63) is 36.7 Å². The Balaban J connectivity index is 2.94. The maximum absolute atomic E-state index is 5.74. The molecule has 0 saturated carbocycles. The van der Waals surface area contributed by atoms with Gasteiger partial charge >= 0.3 is 0 Å². The molecule has 1 atom stereocenters. The van der Waals surface area contributed by atoms with Crippen LogP contribution in [0.5, 0.6) is 0 Å². The van der Waals surface area contributed by atoms with E-state index in [1.807, 2.05) is 24.1 Å². The summed E-state index contributed by atoms with van der Waals surface area (Å²) in [6.45, 7) is 5.77. The van der Waals surface area contributed by atoms with Crippen LogP contribution in [-0.4, -0.2) is 16.9 Å². The summed E-state index contributed by atoms with van der Waals surface area (Å²) in [7, 11) is 1.96. The van der Waals surface area contributed by atoms with Gasteiger partial charge in [-0.15, -0.1) is 0 Å². The van der Waals surface area contributed by atoms with Gasteiger partial charge in [0.2, 0.25) is 0 Å². The van der Waals surface area contributed by atoms with Crippen LogP contribution in [-0.2, 0) is 0 Å². The smallest absolute Gasteiger partial charge is 0.128 e. The van der Waals surface area contributed by atoms with Crippen molar-refractivity contribution in [2.45, 2.75) is 13.0 Å². The van der Waals surface area contributed by atoms with E-state index in [2.05, 4.69) is 18.5 Å². The number of pyridine rings is 1. The van der Waals surface area contributed by atoms with Crippen molar-refractivity contribution in [1.82, 2.24) is 9.88 Å². The predicted molar refractivity (Wildman–Crippen MR) is 55.0 cm³/mol. The van der Waals surface area contributed by atoms with Crippen LogP contribution in [0.1, 0.15) is 18.5 Å². The molecule has 70 valence electrons. The van der Waals surface area contributed by atoms with Crippen LogP contribution in [0, 0.1) is 0 Å². The Morgan fingerprint density at radius 3 is 2.92 bits per heavy atom. The number of nitrogens with zero attached hydrogens (tertiary/aromatic N) is 2. The zero-order valence-electron chi connectivity index (χ0n) is 8.07. The summed E-state index contributed by atoms with van der Waals surface area (Å²) in [5, 5.41) is 0. The van der Waals surface area contributed by atoms with E-state index in [4.69, 9.17) is 5.73 Å². The molecule has 1 heterocycles. The minimum absolute atomic E-state index is 0.214. The lowest BCUT2D eigenvalue weighted by Crippen LogP contribution is -2.17. The van der Waals surface area contributed by atoms with Gasteiger partial charge in [-0.2, -0.15) is 0 Å². The Bertz CT molecular complexity index is 296. The van der Waals surface area contributed by atoms with Crippen LogP contribution in [0.3, 0.4) is 0 Å². The van der Waals surface area contributed by atoms with E-state index in [0.717, 1.165) is 5.56 Å². The van der Waals surface area contributed by atoms with E-state index in [-0.39, 0.29) is 6.04 Å². The highest BCUT2D eigenvalue weighted by Gasteiger charge is 2.10. The molecule has 0 amide bonds. The molecule has 0 aliphatic carbocycles. The number of anilines is 1. The summed E-state index contributed by atoms with van der Waals surface area (Å²) in [4.78, 5) is 6.03. The van der Waals surface area contributed by atoms with Crippen molar-refractivity contribution in [3.63, 3.8) is 0 Å². The fraction of sp³-hybridized carbons (Fsp3) is 0.300. The van der Waals surface area contributed by atoms with Crippen LogP contribution >= 0.6 is 0 Å². The first-order valence-corrected chi connectivity index (χ1v) is 4.21. The van der Waals surface area contributed by atoms with Crippen molar-refractivity contribution in [2.75, 3.05) is 12.8 Å². The highest BCUT2D eigenvalue weighted by Crippen LogP contribution is 2.22. The van der Waals surface area contributed by atoms with E-state index in [0.29, 0.717) is 5.82 Å². The first-order valence-electron chi connectivity index (χ1n) is 4.21. The number of hydrogen-bond donors (Lipinski definition) is 1. The molecule has 1 rings (SSSR count). The van der Waals surface area contributed by atoms with Crippen LogP contribution < -0.4 is 5.73 Å². The van der Waals surface area contributed by atoms with Gasteiger partial charge in [0.25, 0.3) is 0 Å². The molecule has 0 saturated heterocycles. The summed E-state index contributed by atoms with van der Waals surface area (Å²) in [6.07, 6.45) is 3.47. The van der Waals surface area contributed by atoms with Crippen LogP contribution in [0.4, 0.5) is 5.82 Å². The highest BCUT2D eigenvalue weighted by atomic mass is 15.1. The average molecular weight is 177 g/mol. The zero-order chi connectivity index (χ0) is 9.84. The maximum Gasteiger partial charge on any atom is 0.128 e. The molecular weight excluding hydrogens is 162 g/mol. The lowest BCUT2D eigenvalue weighted by atomic mass is 10.1. The molecule has 2 N–H and O–H groups in total. The molecule has 0 radical (unpaired) electrons. The average Bonchev–Trinajstić information content (AvgIpc) is 2.16. The van der Waals surface area contributed by atoms with Crippen molar-refractivity contribution in [2.24, 2.45) is 0 Å². The monoisotopic (exact) mass is 177 g/mol. The van der Waals surface area contributed by atoms with Crippen molar-refractivity contribution in [1.29, 1.82) is 0 Å². The van der Waals surface area contributed by atoms with Gasteiger partial charge in [-0.25, -0.2) is 4.98 Å². The molecule has 3 nitrogen and oxygen atoms in total. The van der Waals surface area contributed by atoms with Crippen LogP contribution in [0.15, 0.2) is 31.1 Å². The van der Waals surface area contributed by atoms with Crippen LogP contribution in [0.2, 0.25) is 0 Å². The molecule has 0 fully saturated rings. The lowest BCUT2D eigenvalue weighted by Gasteiger charge is -2.23. The third-order valence-electron chi connectivity index (χ3n) is 2.22. The van der Waals surface area contributed by atoms with E-state index >= 15 is 0 Å². The van der Waals surface area contributed by atoms with Crippen molar-refractivity contribution < 1.29 is 0 Å². The van der Waals surface area contributed by atoms with Crippen molar-refractivity contribution in [3.8, 4) is 0 Å². The van der Waals surface area contributed by atoms with Gasteiger partial charge in [-0.05, 0) is 19.2 Å². The van der Waals surface area contributed by atoms with Gasteiger partial charge in [-0.1, -0.05) is 12.6 Å². The fourth-order valence-electron chi connectivity index (χ4n) is 1.16. The summed E-state index contributed by atoms with van der Waals surface area (Å²) < 4.78 is 0. The molecule has 3 heteroatoms. The Morgan fingerprint density at radius 1 is 1.69 bits per heavy atom. The molecule has 13 heavy (non-hydrogen) atoms. The van der Waals surface area contributed by atoms with E-state index in [1.165, 1.54) is 0 Å². The standard InChI is InChI=1S/C10H15N3/c1-4-13(3)8(2)9-6-5-7-12-10(9)11/h4-8H,1H2,2-3H3,(H2,11,12). The minimum atomic E-state index is 0.214. The summed E-state index contributed by atoms with van der Waals surface area (Å²) >= 11 is 0. The number of nitrogen functional groups attached to an aromatic ring is 1. The largest absolute Gasteiger partial charge is 0.383 e. The molecule has 0 aromatic carbocycles. The van der Waals surface area contributed by atoms with E-state index in [9.17, 15) is 0 Å². The number of nitrogens with two attached hydrogens (primary N) is 1. The first kappa shape index (κ1) is 9.58. The maximum atomic E-state index is 5.74. The third kappa shape index (κ3) is 1.99. The van der Waals surface area contributed by atoms with Gasteiger partial charge in [0.1, 0.15) is 5.82 Å². The number of hydrogen-bond acceptors (Lipinski definition) is 3. The summed E-state index contributed by atoms with van der Waals surface area (Å²) in [5.74, 6) is 0.587. The van der Waals surface area contributed by atoms with Gasteiger partial charge in [0.05, 0.1) is 6.04 Å². The summed E-state index contributed by atoms with van der Waals surface area (Å²) in [6, 6.07) is 4.08. The first-order chi connectivity index (χ1) is 6.16. The molecule has 0 spiro atoms. The second-order valence-electron chi connectivity index (χ2n) is 3.00. The molecule has 1 aromatic heterocycles.